The molecule has 0 radical (unpaired) electrons. The largest absolute Gasteiger partial charge is 0.495 e. The van der Waals surface area contributed by atoms with Gasteiger partial charge in [-0.3, -0.25) is 4.79 Å². The third-order valence-corrected chi connectivity index (χ3v) is 3.45. The Hall–Kier alpha value is -2.20. The molecule has 0 aliphatic carbocycles. The topological polar surface area (TPSA) is 50.4 Å². The fourth-order valence-electron chi connectivity index (χ4n) is 2.05. The zero-order chi connectivity index (χ0) is 16.1. The molecule has 22 heavy (non-hydrogen) atoms. The molecule has 2 N–H and O–H groups in total. The molecular weight excluding hydrogens is 300 g/mol. The first-order chi connectivity index (χ1) is 10.5. The second kappa shape index (κ2) is 7.18. The number of carbonyl (C=O) groups is 1. The molecule has 2 rings (SSSR count). The van der Waals surface area contributed by atoms with E-state index in [4.69, 9.17) is 16.3 Å². The highest BCUT2D eigenvalue weighted by Gasteiger charge is 2.15. The van der Waals surface area contributed by atoms with E-state index in [0.29, 0.717) is 16.5 Å². The molecule has 0 spiro atoms. The summed E-state index contributed by atoms with van der Waals surface area (Å²) in [6.07, 6.45) is 0. The van der Waals surface area contributed by atoms with Crippen LogP contribution in [0, 0.1) is 6.92 Å². The second-order valence-corrected chi connectivity index (χ2v) is 5.51. The molecule has 0 saturated heterocycles. The quantitative estimate of drug-likeness (QED) is 0.872. The molecule has 0 aliphatic rings. The monoisotopic (exact) mass is 318 g/mol. The number of benzene rings is 2. The number of anilines is 2. The first kappa shape index (κ1) is 16.2. The number of hydrogen-bond acceptors (Lipinski definition) is 3. The smallest absolute Gasteiger partial charge is 0.246 e. The van der Waals surface area contributed by atoms with Crippen molar-refractivity contribution in [1.82, 2.24) is 0 Å². The van der Waals surface area contributed by atoms with E-state index in [1.807, 2.05) is 25.1 Å². The number of hydrogen-bond donors (Lipinski definition) is 2. The highest BCUT2D eigenvalue weighted by atomic mass is 35.5. The van der Waals surface area contributed by atoms with Gasteiger partial charge in [0.2, 0.25) is 5.91 Å². The van der Waals surface area contributed by atoms with Crippen molar-refractivity contribution in [2.24, 2.45) is 0 Å². The predicted molar refractivity (Wildman–Crippen MR) is 90.9 cm³/mol. The SMILES string of the molecule is COc1ccc(C)cc1NC(C)C(=O)Nc1cccc(Cl)c1. The van der Waals surface area contributed by atoms with Crippen LogP contribution in [-0.2, 0) is 4.79 Å². The number of halogens is 1. The number of amides is 1. The van der Waals surface area contributed by atoms with E-state index in [0.717, 1.165) is 11.3 Å². The lowest BCUT2D eigenvalue weighted by Gasteiger charge is -2.18. The Morgan fingerprint density at radius 1 is 1.23 bits per heavy atom. The zero-order valence-corrected chi connectivity index (χ0v) is 13.6. The molecule has 116 valence electrons. The first-order valence-electron chi connectivity index (χ1n) is 6.97. The van der Waals surface area contributed by atoms with Gasteiger partial charge in [-0.15, -0.1) is 0 Å². The number of rotatable bonds is 5. The maximum absolute atomic E-state index is 12.3. The number of carbonyl (C=O) groups excluding carboxylic acids is 1. The summed E-state index contributed by atoms with van der Waals surface area (Å²) < 4.78 is 5.30. The molecule has 1 atom stereocenters. The third kappa shape index (κ3) is 4.15. The summed E-state index contributed by atoms with van der Waals surface area (Å²) in [6, 6.07) is 12.4. The van der Waals surface area contributed by atoms with Crippen LogP contribution in [0.1, 0.15) is 12.5 Å². The van der Waals surface area contributed by atoms with E-state index in [-0.39, 0.29) is 5.91 Å². The Labute approximate surface area is 135 Å². The van der Waals surface area contributed by atoms with E-state index in [2.05, 4.69) is 10.6 Å². The van der Waals surface area contributed by atoms with E-state index in [1.165, 1.54) is 0 Å². The molecule has 0 saturated carbocycles. The molecule has 2 aromatic rings. The van der Waals surface area contributed by atoms with Crippen LogP contribution < -0.4 is 15.4 Å². The average Bonchev–Trinajstić information content (AvgIpc) is 2.47. The Morgan fingerprint density at radius 2 is 2.00 bits per heavy atom. The molecule has 1 amide bonds. The van der Waals surface area contributed by atoms with E-state index >= 15 is 0 Å². The van der Waals surface area contributed by atoms with Crippen molar-refractivity contribution in [3.63, 3.8) is 0 Å². The van der Waals surface area contributed by atoms with Gasteiger partial charge in [0.1, 0.15) is 11.8 Å². The van der Waals surface area contributed by atoms with Gasteiger partial charge in [-0.1, -0.05) is 23.7 Å². The van der Waals surface area contributed by atoms with Crippen LogP contribution in [0.4, 0.5) is 11.4 Å². The van der Waals surface area contributed by atoms with Crippen LogP contribution >= 0.6 is 11.6 Å². The zero-order valence-electron chi connectivity index (χ0n) is 12.8. The van der Waals surface area contributed by atoms with Crippen molar-refractivity contribution in [2.45, 2.75) is 19.9 Å². The van der Waals surface area contributed by atoms with Gasteiger partial charge in [-0.2, -0.15) is 0 Å². The van der Waals surface area contributed by atoms with Crippen molar-refractivity contribution >= 4 is 28.9 Å². The standard InChI is InChI=1S/C17H19ClN2O2/c1-11-7-8-16(22-3)15(9-11)19-12(2)17(21)20-14-6-4-5-13(18)10-14/h4-10,12,19H,1-3H3,(H,20,21). The average molecular weight is 319 g/mol. The summed E-state index contributed by atoms with van der Waals surface area (Å²) in [5.41, 5.74) is 2.55. The lowest BCUT2D eigenvalue weighted by molar-refractivity contribution is -0.116. The van der Waals surface area contributed by atoms with Crippen LogP contribution in [0.2, 0.25) is 5.02 Å². The Kier molecular flexibility index (Phi) is 5.28. The molecular formula is C17H19ClN2O2. The van der Waals surface area contributed by atoms with Crippen molar-refractivity contribution in [1.29, 1.82) is 0 Å². The van der Waals surface area contributed by atoms with Crippen molar-refractivity contribution < 1.29 is 9.53 Å². The molecule has 5 heteroatoms. The van der Waals surface area contributed by atoms with E-state index < -0.39 is 6.04 Å². The summed E-state index contributed by atoms with van der Waals surface area (Å²) in [6.45, 7) is 3.78. The Bertz CT molecular complexity index is 673. The van der Waals surface area contributed by atoms with Gasteiger partial charge in [0.15, 0.2) is 0 Å². The summed E-state index contributed by atoms with van der Waals surface area (Å²) in [7, 11) is 1.60. The van der Waals surface area contributed by atoms with Gasteiger partial charge in [0, 0.05) is 10.7 Å². The van der Waals surface area contributed by atoms with Gasteiger partial charge in [0.05, 0.1) is 12.8 Å². The number of aryl methyl sites for hydroxylation is 1. The molecule has 0 heterocycles. The summed E-state index contributed by atoms with van der Waals surface area (Å²) in [4.78, 5) is 12.3. The summed E-state index contributed by atoms with van der Waals surface area (Å²) in [5, 5.41) is 6.58. The highest BCUT2D eigenvalue weighted by Crippen LogP contribution is 2.26. The third-order valence-electron chi connectivity index (χ3n) is 3.21. The molecule has 0 aromatic heterocycles. The number of methoxy groups -OCH3 is 1. The minimum Gasteiger partial charge on any atom is -0.495 e. The van der Waals surface area contributed by atoms with Crippen LogP contribution in [0.15, 0.2) is 42.5 Å². The van der Waals surface area contributed by atoms with Gasteiger partial charge < -0.3 is 15.4 Å². The molecule has 0 aliphatic heterocycles. The number of ether oxygens (including phenoxy) is 1. The van der Waals surface area contributed by atoms with E-state index in [9.17, 15) is 4.79 Å². The molecule has 1 unspecified atom stereocenters. The van der Waals surface area contributed by atoms with Crippen molar-refractivity contribution in [3.8, 4) is 5.75 Å². The highest BCUT2D eigenvalue weighted by molar-refractivity contribution is 6.30. The van der Waals surface area contributed by atoms with Crippen LogP contribution in [0.25, 0.3) is 0 Å². The lowest BCUT2D eigenvalue weighted by Crippen LogP contribution is -2.32. The van der Waals surface area contributed by atoms with Crippen molar-refractivity contribution in [3.05, 3.63) is 53.1 Å². The number of nitrogens with one attached hydrogen (secondary N) is 2. The second-order valence-electron chi connectivity index (χ2n) is 5.07. The molecule has 2 aromatic carbocycles. The fraction of sp³-hybridized carbons (Fsp3) is 0.235. The van der Waals surface area contributed by atoms with Crippen LogP contribution in [0.3, 0.4) is 0 Å². The maximum Gasteiger partial charge on any atom is 0.246 e. The van der Waals surface area contributed by atoms with Crippen molar-refractivity contribution in [2.75, 3.05) is 17.7 Å². The Balaban J connectivity index is 2.07. The van der Waals surface area contributed by atoms with Gasteiger partial charge in [-0.25, -0.2) is 0 Å². The van der Waals surface area contributed by atoms with Gasteiger partial charge >= 0.3 is 0 Å². The van der Waals surface area contributed by atoms with Gasteiger partial charge in [0.25, 0.3) is 0 Å². The molecule has 4 nitrogen and oxygen atoms in total. The normalized spacial score (nSPS) is 11.6. The summed E-state index contributed by atoms with van der Waals surface area (Å²) in [5.74, 6) is 0.554. The van der Waals surface area contributed by atoms with Gasteiger partial charge in [-0.05, 0) is 49.7 Å². The van der Waals surface area contributed by atoms with Crippen LogP contribution in [0.5, 0.6) is 5.75 Å². The van der Waals surface area contributed by atoms with Crippen LogP contribution in [-0.4, -0.2) is 19.1 Å². The lowest BCUT2D eigenvalue weighted by atomic mass is 10.2. The molecule has 0 fully saturated rings. The molecule has 0 bridgehead atoms. The first-order valence-corrected chi connectivity index (χ1v) is 7.35. The minimum absolute atomic E-state index is 0.147. The fourth-order valence-corrected chi connectivity index (χ4v) is 2.24. The predicted octanol–water partition coefficient (Wildman–Crippen LogP) is 4.10. The van der Waals surface area contributed by atoms with E-state index in [1.54, 1.807) is 38.3 Å². The maximum atomic E-state index is 12.3. The summed E-state index contributed by atoms with van der Waals surface area (Å²) >= 11 is 5.91. The minimum atomic E-state index is -0.422. The Morgan fingerprint density at radius 3 is 2.68 bits per heavy atom.